The first-order chi connectivity index (χ1) is 12.5. The molecular formula is C21H22ClN3O. The first kappa shape index (κ1) is 18.1. The molecule has 1 heterocycles. The van der Waals surface area contributed by atoms with Crippen molar-refractivity contribution in [1.82, 2.24) is 9.88 Å². The standard InChI is InChI=1S/C21H22ClN3O/c1-14-6-4-5-7-20(14)24-21(26)23-13-17-12-15(2)25(16(17)3)19-10-8-18(22)9-11-19/h4-12H,13H2,1-3H3,(H2,23,24,26). The third kappa shape index (κ3) is 3.92. The van der Waals surface area contributed by atoms with Crippen LogP contribution in [0.15, 0.2) is 54.6 Å². The van der Waals surface area contributed by atoms with Gasteiger partial charge in [0.2, 0.25) is 0 Å². The molecule has 0 bridgehead atoms. The van der Waals surface area contributed by atoms with Crippen molar-refractivity contribution in [3.8, 4) is 5.69 Å². The highest BCUT2D eigenvalue weighted by Gasteiger charge is 2.12. The number of amides is 2. The number of carbonyl (C=O) groups excluding carboxylic acids is 1. The van der Waals surface area contributed by atoms with Crippen molar-refractivity contribution < 1.29 is 4.79 Å². The van der Waals surface area contributed by atoms with Gasteiger partial charge in [-0.2, -0.15) is 0 Å². The Morgan fingerprint density at radius 3 is 2.42 bits per heavy atom. The highest BCUT2D eigenvalue weighted by Crippen LogP contribution is 2.22. The van der Waals surface area contributed by atoms with E-state index >= 15 is 0 Å². The van der Waals surface area contributed by atoms with Crippen molar-refractivity contribution in [3.05, 3.63) is 82.1 Å². The van der Waals surface area contributed by atoms with Gasteiger partial charge in [0.1, 0.15) is 0 Å². The molecule has 0 unspecified atom stereocenters. The molecule has 0 saturated carbocycles. The maximum Gasteiger partial charge on any atom is 0.319 e. The summed E-state index contributed by atoms with van der Waals surface area (Å²) >= 11 is 5.98. The molecule has 5 heteroatoms. The topological polar surface area (TPSA) is 46.1 Å². The fourth-order valence-electron chi connectivity index (χ4n) is 3.05. The maximum atomic E-state index is 12.2. The van der Waals surface area contributed by atoms with Crippen molar-refractivity contribution in [1.29, 1.82) is 0 Å². The minimum Gasteiger partial charge on any atom is -0.334 e. The molecule has 1 aromatic heterocycles. The lowest BCUT2D eigenvalue weighted by atomic mass is 10.2. The third-order valence-electron chi connectivity index (χ3n) is 4.45. The van der Waals surface area contributed by atoms with Gasteiger partial charge in [0, 0.05) is 34.3 Å². The lowest BCUT2D eigenvalue weighted by Crippen LogP contribution is -2.28. The van der Waals surface area contributed by atoms with E-state index in [1.54, 1.807) is 0 Å². The molecule has 3 rings (SSSR count). The zero-order valence-electron chi connectivity index (χ0n) is 15.1. The van der Waals surface area contributed by atoms with Gasteiger partial charge < -0.3 is 15.2 Å². The molecule has 2 N–H and O–H groups in total. The number of hydrogen-bond acceptors (Lipinski definition) is 1. The van der Waals surface area contributed by atoms with Crippen LogP contribution in [0.2, 0.25) is 5.02 Å². The average molecular weight is 368 g/mol. The number of para-hydroxylation sites is 1. The maximum absolute atomic E-state index is 12.2. The number of rotatable bonds is 4. The van der Waals surface area contributed by atoms with E-state index in [1.165, 1.54) is 0 Å². The Morgan fingerprint density at radius 2 is 1.73 bits per heavy atom. The molecule has 0 fully saturated rings. The summed E-state index contributed by atoms with van der Waals surface area (Å²) in [6.07, 6.45) is 0. The summed E-state index contributed by atoms with van der Waals surface area (Å²) in [6.45, 7) is 6.54. The number of benzene rings is 2. The van der Waals surface area contributed by atoms with Crippen LogP contribution in [0, 0.1) is 20.8 Å². The number of carbonyl (C=O) groups is 1. The van der Waals surface area contributed by atoms with E-state index in [2.05, 4.69) is 35.1 Å². The molecule has 0 aliphatic rings. The van der Waals surface area contributed by atoms with Crippen LogP contribution in [0.5, 0.6) is 0 Å². The highest BCUT2D eigenvalue weighted by molar-refractivity contribution is 6.30. The monoisotopic (exact) mass is 367 g/mol. The SMILES string of the molecule is Cc1ccccc1NC(=O)NCc1cc(C)n(-c2ccc(Cl)cc2)c1C. The molecule has 0 aliphatic heterocycles. The molecule has 0 spiro atoms. The number of aryl methyl sites for hydroxylation is 2. The quantitative estimate of drug-likeness (QED) is 0.639. The van der Waals surface area contributed by atoms with Crippen molar-refractivity contribution in [2.75, 3.05) is 5.32 Å². The smallest absolute Gasteiger partial charge is 0.319 e. The summed E-state index contributed by atoms with van der Waals surface area (Å²) in [5, 5.41) is 6.53. The highest BCUT2D eigenvalue weighted by atomic mass is 35.5. The molecule has 4 nitrogen and oxygen atoms in total. The average Bonchev–Trinajstić information content (AvgIpc) is 2.90. The summed E-state index contributed by atoms with van der Waals surface area (Å²) in [6, 6.07) is 17.3. The number of halogens is 1. The van der Waals surface area contributed by atoms with Crippen LogP contribution in [-0.2, 0) is 6.54 Å². The van der Waals surface area contributed by atoms with Gasteiger partial charge in [-0.1, -0.05) is 29.8 Å². The fraction of sp³-hybridized carbons (Fsp3) is 0.190. The lowest BCUT2D eigenvalue weighted by Gasteiger charge is -2.11. The van der Waals surface area contributed by atoms with Gasteiger partial charge in [-0.05, 0) is 68.3 Å². The largest absolute Gasteiger partial charge is 0.334 e. The Balaban J connectivity index is 1.71. The predicted octanol–water partition coefficient (Wildman–Crippen LogP) is 5.38. The van der Waals surface area contributed by atoms with Gasteiger partial charge >= 0.3 is 6.03 Å². The number of nitrogens with one attached hydrogen (secondary N) is 2. The van der Waals surface area contributed by atoms with Crippen LogP contribution in [0.25, 0.3) is 5.69 Å². The molecular weight excluding hydrogens is 346 g/mol. The normalized spacial score (nSPS) is 10.6. The van der Waals surface area contributed by atoms with E-state index < -0.39 is 0 Å². The summed E-state index contributed by atoms with van der Waals surface area (Å²) in [5.74, 6) is 0. The van der Waals surface area contributed by atoms with E-state index in [4.69, 9.17) is 11.6 Å². The zero-order valence-corrected chi connectivity index (χ0v) is 15.9. The van der Waals surface area contributed by atoms with Gasteiger partial charge in [-0.15, -0.1) is 0 Å². The van der Waals surface area contributed by atoms with Crippen LogP contribution in [0.4, 0.5) is 10.5 Å². The Kier molecular flexibility index (Phi) is 5.33. The van der Waals surface area contributed by atoms with Gasteiger partial charge in [0.15, 0.2) is 0 Å². The third-order valence-corrected chi connectivity index (χ3v) is 4.71. The summed E-state index contributed by atoms with van der Waals surface area (Å²) in [5.41, 5.74) is 6.19. The molecule has 2 aromatic carbocycles. The second-order valence-electron chi connectivity index (χ2n) is 6.33. The van der Waals surface area contributed by atoms with Gasteiger partial charge in [0.05, 0.1) is 0 Å². The molecule has 2 amide bonds. The summed E-state index contributed by atoms with van der Waals surface area (Å²) in [4.78, 5) is 12.2. The minimum absolute atomic E-state index is 0.212. The fourth-order valence-corrected chi connectivity index (χ4v) is 3.18. The van der Waals surface area contributed by atoms with Crippen molar-refractivity contribution in [3.63, 3.8) is 0 Å². The molecule has 26 heavy (non-hydrogen) atoms. The van der Waals surface area contributed by atoms with Gasteiger partial charge in [-0.3, -0.25) is 0 Å². The number of anilines is 1. The Hall–Kier alpha value is -2.72. The Labute approximate surface area is 158 Å². The van der Waals surface area contributed by atoms with Crippen LogP contribution >= 0.6 is 11.6 Å². The van der Waals surface area contributed by atoms with E-state index in [0.717, 1.165) is 33.9 Å². The van der Waals surface area contributed by atoms with Crippen molar-refractivity contribution >= 4 is 23.3 Å². The van der Waals surface area contributed by atoms with E-state index in [-0.39, 0.29) is 6.03 Å². The summed E-state index contributed by atoms with van der Waals surface area (Å²) < 4.78 is 2.16. The van der Waals surface area contributed by atoms with Crippen LogP contribution < -0.4 is 10.6 Å². The summed E-state index contributed by atoms with van der Waals surface area (Å²) in [7, 11) is 0. The van der Waals surface area contributed by atoms with E-state index in [0.29, 0.717) is 11.6 Å². The number of urea groups is 1. The molecule has 134 valence electrons. The van der Waals surface area contributed by atoms with Gasteiger partial charge in [0.25, 0.3) is 0 Å². The lowest BCUT2D eigenvalue weighted by molar-refractivity contribution is 0.251. The minimum atomic E-state index is -0.212. The second-order valence-corrected chi connectivity index (χ2v) is 6.77. The van der Waals surface area contributed by atoms with Crippen LogP contribution in [0.3, 0.4) is 0 Å². The Morgan fingerprint density at radius 1 is 1.04 bits per heavy atom. The molecule has 0 saturated heterocycles. The van der Waals surface area contributed by atoms with Crippen LogP contribution in [0.1, 0.15) is 22.5 Å². The molecule has 3 aromatic rings. The first-order valence-electron chi connectivity index (χ1n) is 8.50. The number of nitrogens with zero attached hydrogens (tertiary/aromatic N) is 1. The van der Waals surface area contributed by atoms with Crippen LogP contribution in [-0.4, -0.2) is 10.6 Å². The molecule has 0 aliphatic carbocycles. The van der Waals surface area contributed by atoms with Crippen molar-refractivity contribution in [2.45, 2.75) is 27.3 Å². The van der Waals surface area contributed by atoms with E-state index in [9.17, 15) is 4.79 Å². The van der Waals surface area contributed by atoms with E-state index in [1.807, 2.05) is 55.5 Å². The molecule has 0 atom stereocenters. The van der Waals surface area contributed by atoms with Crippen molar-refractivity contribution in [2.24, 2.45) is 0 Å². The predicted molar refractivity (Wildman–Crippen MR) is 107 cm³/mol. The van der Waals surface area contributed by atoms with Gasteiger partial charge in [-0.25, -0.2) is 4.79 Å². The number of hydrogen-bond donors (Lipinski definition) is 2. The Bertz CT molecular complexity index is 929. The zero-order chi connectivity index (χ0) is 18.7. The first-order valence-corrected chi connectivity index (χ1v) is 8.88. The number of aromatic nitrogens is 1. The second kappa shape index (κ2) is 7.67. The molecule has 0 radical (unpaired) electrons.